The van der Waals surface area contributed by atoms with Gasteiger partial charge in [-0.25, -0.2) is 0 Å². The number of carbonyl (C=O) groups excluding carboxylic acids is 2. The Labute approximate surface area is 180 Å². The van der Waals surface area contributed by atoms with Gasteiger partial charge in [0.2, 0.25) is 0 Å². The van der Waals surface area contributed by atoms with Crippen molar-refractivity contribution in [3.05, 3.63) is 69.8 Å². The van der Waals surface area contributed by atoms with Crippen molar-refractivity contribution in [2.75, 3.05) is 13.2 Å². The third-order valence-electron chi connectivity index (χ3n) is 4.28. The molecule has 0 spiro atoms. The Morgan fingerprint density at radius 2 is 1.61 bits per heavy atom. The van der Waals surface area contributed by atoms with Crippen molar-refractivity contribution >= 4 is 30.1 Å². The van der Waals surface area contributed by atoms with E-state index in [4.69, 9.17) is 9.47 Å². The van der Waals surface area contributed by atoms with E-state index in [-0.39, 0.29) is 25.3 Å². The number of nitro groups is 1. The van der Waals surface area contributed by atoms with Crippen LogP contribution in [-0.4, -0.2) is 41.6 Å². The zero-order valence-electron chi connectivity index (χ0n) is 17.0. The highest BCUT2D eigenvalue weighted by molar-refractivity contribution is 5.70. The van der Waals surface area contributed by atoms with Crippen LogP contribution in [0.4, 0.5) is 5.69 Å². The summed E-state index contributed by atoms with van der Waals surface area (Å²) < 4.78 is 10.5. The van der Waals surface area contributed by atoms with Crippen LogP contribution in [-0.2, 0) is 14.3 Å². The Morgan fingerprint density at radius 3 is 2.19 bits per heavy atom. The fourth-order valence-corrected chi connectivity index (χ4v) is 2.57. The van der Waals surface area contributed by atoms with Crippen LogP contribution in [0.15, 0.2) is 48.5 Å². The summed E-state index contributed by atoms with van der Waals surface area (Å²) in [7, 11) is 0. The Balaban J connectivity index is 1.72. The number of non-ortho nitro benzene ring substituents is 1. The summed E-state index contributed by atoms with van der Waals surface area (Å²) >= 11 is 0. The minimum absolute atomic E-state index is 0.0175. The van der Waals surface area contributed by atoms with Crippen molar-refractivity contribution in [1.82, 2.24) is 0 Å². The smallest absolute Gasteiger partial charge is 0.305 e. The third kappa shape index (κ3) is 9.22. The van der Waals surface area contributed by atoms with Crippen molar-refractivity contribution in [2.24, 2.45) is 0 Å². The van der Waals surface area contributed by atoms with Crippen LogP contribution in [0.3, 0.4) is 0 Å². The molecule has 0 aliphatic carbocycles. The number of carbonyl (C=O) groups is 2. The second kappa shape index (κ2) is 12.9. The van der Waals surface area contributed by atoms with Gasteiger partial charge < -0.3 is 19.4 Å². The Hall–Kier alpha value is -3.52. The number of benzene rings is 2. The second-order valence-corrected chi connectivity index (χ2v) is 6.81. The number of ether oxygens (including phenoxy) is 2. The molecule has 0 saturated heterocycles. The molecule has 2 aromatic rings. The van der Waals surface area contributed by atoms with Crippen LogP contribution in [0.25, 0.3) is 12.2 Å². The van der Waals surface area contributed by atoms with Gasteiger partial charge in [0.15, 0.2) is 0 Å². The van der Waals surface area contributed by atoms with Gasteiger partial charge in [0.1, 0.15) is 31.4 Å². The van der Waals surface area contributed by atoms with E-state index in [0.29, 0.717) is 25.0 Å². The number of hydrogen-bond acceptors (Lipinski definition) is 7. The first-order valence-electron chi connectivity index (χ1n) is 9.90. The molecule has 1 unspecified atom stereocenters. The minimum atomic E-state index is -0.944. The average molecular weight is 427 g/mol. The molecule has 1 N–H and O–H groups in total. The van der Waals surface area contributed by atoms with Crippen molar-refractivity contribution < 1.29 is 29.1 Å². The summed E-state index contributed by atoms with van der Waals surface area (Å²) in [5.41, 5.74) is 1.80. The molecule has 0 aromatic heterocycles. The van der Waals surface area contributed by atoms with Gasteiger partial charge in [-0.3, -0.25) is 14.9 Å². The molecule has 164 valence electrons. The highest BCUT2D eigenvalue weighted by Gasteiger charge is 2.10. The normalized spacial score (nSPS) is 11.8. The molecule has 0 aliphatic heterocycles. The molecule has 8 heteroatoms. The monoisotopic (exact) mass is 427 g/mol. The molecule has 0 amide bonds. The van der Waals surface area contributed by atoms with E-state index < -0.39 is 17.0 Å². The minimum Gasteiger partial charge on any atom is -0.491 e. The number of unbranched alkanes of at least 4 members (excludes halogenated alkanes) is 2. The van der Waals surface area contributed by atoms with E-state index >= 15 is 0 Å². The predicted octanol–water partition coefficient (Wildman–Crippen LogP) is 3.81. The number of rotatable bonds is 13. The van der Waals surface area contributed by atoms with Gasteiger partial charge in [-0.2, -0.15) is 0 Å². The molecule has 0 saturated carbocycles. The van der Waals surface area contributed by atoms with Crippen molar-refractivity contribution in [3.63, 3.8) is 0 Å². The maximum Gasteiger partial charge on any atom is 0.305 e. The van der Waals surface area contributed by atoms with Crippen LogP contribution in [0, 0.1) is 10.1 Å². The fraction of sp³-hybridized carbons (Fsp3) is 0.304. The molecule has 0 aliphatic rings. The Kier molecular flexibility index (Phi) is 9.90. The number of esters is 1. The number of aliphatic hydroxyl groups is 1. The Morgan fingerprint density at radius 1 is 1.00 bits per heavy atom. The van der Waals surface area contributed by atoms with Crippen molar-refractivity contribution in [2.45, 2.75) is 31.8 Å². The first-order chi connectivity index (χ1) is 15.0. The number of nitrogens with zero attached hydrogens (tertiary/aromatic N) is 1. The van der Waals surface area contributed by atoms with Crippen LogP contribution in [0.1, 0.15) is 36.8 Å². The molecular formula is C23H25NO7. The standard InChI is InChI=1S/C23H25NO7/c25-15-3-1-2-4-23(27)31-17-21(26)16-30-22-13-9-19(10-14-22)6-5-18-7-11-20(12-8-18)24(28)29/h5-15,21,26H,1-4,16-17H2/b6-5+. The molecule has 1 atom stereocenters. The van der Waals surface area contributed by atoms with E-state index in [1.165, 1.54) is 12.1 Å². The SMILES string of the molecule is O=CCCCCC(=O)OCC(O)COc1ccc(/C=C/c2ccc([N+](=O)[O-])cc2)cc1. The number of nitro benzene ring substituents is 1. The lowest BCUT2D eigenvalue weighted by Crippen LogP contribution is -2.25. The molecule has 0 heterocycles. The largest absolute Gasteiger partial charge is 0.491 e. The van der Waals surface area contributed by atoms with Gasteiger partial charge in [0.05, 0.1) is 4.92 Å². The zero-order chi connectivity index (χ0) is 22.5. The van der Waals surface area contributed by atoms with Gasteiger partial charge >= 0.3 is 5.97 Å². The van der Waals surface area contributed by atoms with Crippen LogP contribution < -0.4 is 4.74 Å². The topological polar surface area (TPSA) is 116 Å². The summed E-state index contributed by atoms with van der Waals surface area (Å²) in [6.45, 7) is -0.168. The fourth-order valence-electron chi connectivity index (χ4n) is 2.57. The Bertz CT molecular complexity index is 876. The van der Waals surface area contributed by atoms with E-state index in [1.54, 1.807) is 24.3 Å². The average Bonchev–Trinajstić information content (AvgIpc) is 2.78. The van der Waals surface area contributed by atoms with Crippen molar-refractivity contribution in [1.29, 1.82) is 0 Å². The van der Waals surface area contributed by atoms with E-state index in [2.05, 4.69) is 0 Å². The van der Waals surface area contributed by atoms with Gasteiger partial charge in [0, 0.05) is 25.0 Å². The molecule has 31 heavy (non-hydrogen) atoms. The molecule has 2 aromatic carbocycles. The van der Waals surface area contributed by atoms with Crippen LogP contribution >= 0.6 is 0 Å². The summed E-state index contributed by atoms with van der Waals surface area (Å²) in [5.74, 6) is 0.154. The summed E-state index contributed by atoms with van der Waals surface area (Å²) in [5, 5.41) is 20.6. The zero-order valence-corrected chi connectivity index (χ0v) is 17.0. The van der Waals surface area contributed by atoms with E-state index in [1.807, 2.05) is 24.3 Å². The van der Waals surface area contributed by atoms with Gasteiger partial charge in [-0.05, 0) is 48.2 Å². The first-order valence-corrected chi connectivity index (χ1v) is 9.90. The quantitative estimate of drug-likeness (QED) is 0.129. The first kappa shape index (κ1) is 23.8. The lowest BCUT2D eigenvalue weighted by atomic mass is 10.1. The van der Waals surface area contributed by atoms with E-state index in [9.17, 15) is 24.8 Å². The van der Waals surface area contributed by atoms with Crippen LogP contribution in [0.5, 0.6) is 5.75 Å². The summed E-state index contributed by atoms with van der Waals surface area (Å²) in [6.07, 6.45) is 5.45. The van der Waals surface area contributed by atoms with Crippen LogP contribution in [0.2, 0.25) is 0 Å². The van der Waals surface area contributed by atoms with Gasteiger partial charge in [0.25, 0.3) is 5.69 Å². The molecule has 8 nitrogen and oxygen atoms in total. The van der Waals surface area contributed by atoms with Gasteiger partial charge in [-0.1, -0.05) is 24.3 Å². The maximum absolute atomic E-state index is 11.5. The number of aliphatic hydroxyl groups excluding tert-OH is 1. The lowest BCUT2D eigenvalue weighted by Gasteiger charge is -2.13. The molecular weight excluding hydrogens is 402 g/mol. The maximum atomic E-state index is 11.5. The molecule has 0 radical (unpaired) electrons. The highest BCUT2D eigenvalue weighted by Crippen LogP contribution is 2.17. The lowest BCUT2D eigenvalue weighted by molar-refractivity contribution is -0.384. The summed E-state index contributed by atoms with van der Waals surface area (Å²) in [4.78, 5) is 32.0. The van der Waals surface area contributed by atoms with Crippen molar-refractivity contribution in [3.8, 4) is 5.75 Å². The molecule has 2 rings (SSSR count). The number of aldehydes is 1. The highest BCUT2D eigenvalue weighted by atomic mass is 16.6. The van der Waals surface area contributed by atoms with E-state index in [0.717, 1.165) is 17.4 Å². The molecule has 0 fully saturated rings. The third-order valence-corrected chi connectivity index (χ3v) is 4.28. The number of hydrogen-bond donors (Lipinski definition) is 1. The predicted molar refractivity (Wildman–Crippen MR) is 115 cm³/mol. The van der Waals surface area contributed by atoms with Gasteiger partial charge in [-0.15, -0.1) is 0 Å². The second-order valence-electron chi connectivity index (χ2n) is 6.81. The molecule has 0 bridgehead atoms. The summed E-state index contributed by atoms with van der Waals surface area (Å²) in [6, 6.07) is 13.4.